The molecule has 23 heavy (non-hydrogen) atoms. The lowest BCUT2D eigenvalue weighted by Gasteiger charge is -2.20. The van der Waals surface area contributed by atoms with Crippen LogP contribution in [0.4, 0.5) is 0 Å². The zero-order chi connectivity index (χ0) is 17.8. The van der Waals surface area contributed by atoms with Gasteiger partial charge in [0.2, 0.25) is 15.9 Å². The Labute approximate surface area is 136 Å². The average molecular weight is 342 g/mol. The predicted molar refractivity (Wildman–Crippen MR) is 86.5 cm³/mol. The summed E-state index contributed by atoms with van der Waals surface area (Å²) in [4.78, 5) is 23.5. The number of carbonyl (C=O) groups is 2. The molecule has 0 spiro atoms. The SMILES string of the molecule is CCS(=O)(=O)N(C)CC(=O)NC(C(=O)O)c1cccc(C)c1C. The first-order valence-corrected chi connectivity index (χ1v) is 8.73. The number of likely N-dealkylation sites (N-methyl/N-ethyl adjacent to an activating group) is 1. The van der Waals surface area contributed by atoms with Gasteiger partial charge in [-0.2, -0.15) is 4.31 Å². The maximum atomic E-state index is 12.0. The minimum atomic E-state index is -3.50. The molecule has 0 aliphatic heterocycles. The van der Waals surface area contributed by atoms with Gasteiger partial charge in [0.25, 0.3) is 0 Å². The van der Waals surface area contributed by atoms with Crippen LogP contribution in [0.5, 0.6) is 0 Å². The van der Waals surface area contributed by atoms with E-state index in [0.29, 0.717) is 5.56 Å². The number of nitrogens with zero attached hydrogens (tertiary/aromatic N) is 1. The van der Waals surface area contributed by atoms with Crippen molar-refractivity contribution < 1.29 is 23.1 Å². The Morgan fingerprint density at radius 3 is 2.43 bits per heavy atom. The number of carboxylic acid groups (broad SMARTS) is 1. The van der Waals surface area contributed by atoms with Crippen molar-refractivity contribution in [1.29, 1.82) is 0 Å². The second kappa shape index (κ2) is 7.56. The Morgan fingerprint density at radius 1 is 1.30 bits per heavy atom. The molecule has 2 N–H and O–H groups in total. The van der Waals surface area contributed by atoms with Crippen LogP contribution >= 0.6 is 0 Å². The van der Waals surface area contributed by atoms with Crippen molar-refractivity contribution in [2.75, 3.05) is 19.3 Å². The number of rotatable bonds is 7. The fourth-order valence-corrected chi connectivity index (χ4v) is 2.84. The summed E-state index contributed by atoms with van der Waals surface area (Å²) >= 11 is 0. The quantitative estimate of drug-likeness (QED) is 0.764. The van der Waals surface area contributed by atoms with Crippen LogP contribution in [0.3, 0.4) is 0 Å². The van der Waals surface area contributed by atoms with E-state index >= 15 is 0 Å². The van der Waals surface area contributed by atoms with E-state index in [-0.39, 0.29) is 5.75 Å². The van der Waals surface area contributed by atoms with Gasteiger partial charge < -0.3 is 10.4 Å². The molecule has 1 rings (SSSR count). The lowest BCUT2D eigenvalue weighted by molar-refractivity contribution is -0.142. The van der Waals surface area contributed by atoms with Gasteiger partial charge in [-0.1, -0.05) is 18.2 Å². The smallest absolute Gasteiger partial charge is 0.330 e. The topological polar surface area (TPSA) is 104 Å². The number of aliphatic carboxylic acids is 1. The summed E-state index contributed by atoms with van der Waals surface area (Å²) in [6.07, 6.45) is 0. The third-order valence-corrected chi connectivity index (χ3v) is 5.52. The molecule has 1 unspecified atom stereocenters. The van der Waals surface area contributed by atoms with E-state index in [1.165, 1.54) is 14.0 Å². The van der Waals surface area contributed by atoms with Crippen molar-refractivity contribution in [3.8, 4) is 0 Å². The Kier molecular flexibility index (Phi) is 6.28. The first-order valence-electron chi connectivity index (χ1n) is 7.12. The fraction of sp³-hybridized carbons (Fsp3) is 0.467. The lowest BCUT2D eigenvalue weighted by atomic mass is 9.97. The van der Waals surface area contributed by atoms with E-state index in [2.05, 4.69) is 5.32 Å². The highest BCUT2D eigenvalue weighted by atomic mass is 32.2. The summed E-state index contributed by atoms with van der Waals surface area (Å²) in [5, 5.41) is 11.8. The molecule has 1 aromatic carbocycles. The second-order valence-electron chi connectivity index (χ2n) is 5.28. The molecule has 0 fully saturated rings. The number of sulfonamides is 1. The van der Waals surface area contributed by atoms with Gasteiger partial charge in [-0.15, -0.1) is 0 Å². The molecule has 8 heteroatoms. The van der Waals surface area contributed by atoms with Crippen LogP contribution in [0.25, 0.3) is 0 Å². The number of hydrogen-bond donors (Lipinski definition) is 2. The largest absolute Gasteiger partial charge is 0.479 e. The first-order chi connectivity index (χ1) is 10.6. The summed E-state index contributed by atoms with van der Waals surface area (Å²) < 4.78 is 24.2. The number of amides is 1. The Balaban J connectivity index is 2.95. The van der Waals surface area contributed by atoms with Gasteiger partial charge in [-0.05, 0) is 37.5 Å². The molecule has 0 heterocycles. The number of benzene rings is 1. The number of aryl methyl sites for hydroxylation is 1. The van der Waals surface area contributed by atoms with Crippen LogP contribution in [0, 0.1) is 13.8 Å². The molecule has 1 aromatic rings. The van der Waals surface area contributed by atoms with E-state index in [9.17, 15) is 23.1 Å². The van der Waals surface area contributed by atoms with Gasteiger partial charge in [-0.3, -0.25) is 4.79 Å². The Bertz CT molecular complexity index is 700. The highest BCUT2D eigenvalue weighted by Gasteiger charge is 2.26. The van der Waals surface area contributed by atoms with Crippen LogP contribution in [-0.2, 0) is 19.6 Å². The van der Waals surface area contributed by atoms with Crippen LogP contribution in [0.1, 0.15) is 29.7 Å². The van der Waals surface area contributed by atoms with Crippen molar-refractivity contribution in [2.45, 2.75) is 26.8 Å². The van der Waals surface area contributed by atoms with E-state index in [0.717, 1.165) is 15.4 Å². The maximum Gasteiger partial charge on any atom is 0.330 e. The van der Waals surface area contributed by atoms with Crippen molar-refractivity contribution in [3.05, 3.63) is 34.9 Å². The summed E-state index contributed by atoms with van der Waals surface area (Å²) in [5.41, 5.74) is 2.16. The second-order valence-corrected chi connectivity index (χ2v) is 7.65. The van der Waals surface area contributed by atoms with Crippen LogP contribution in [0.15, 0.2) is 18.2 Å². The normalized spacial score (nSPS) is 12.9. The highest BCUT2D eigenvalue weighted by molar-refractivity contribution is 7.89. The molecule has 0 aliphatic carbocycles. The molecular formula is C15H22N2O5S. The zero-order valence-electron chi connectivity index (χ0n) is 13.7. The summed E-state index contributed by atoms with van der Waals surface area (Å²) in [7, 11) is -2.22. The Morgan fingerprint density at radius 2 is 1.91 bits per heavy atom. The van der Waals surface area contributed by atoms with Gasteiger partial charge in [0.15, 0.2) is 6.04 Å². The molecule has 0 radical (unpaired) electrons. The van der Waals surface area contributed by atoms with Gasteiger partial charge >= 0.3 is 5.97 Å². The van der Waals surface area contributed by atoms with E-state index in [4.69, 9.17) is 0 Å². The molecule has 0 saturated carbocycles. The fourth-order valence-electron chi connectivity index (χ4n) is 2.09. The molecule has 128 valence electrons. The first kappa shape index (κ1) is 19.1. The molecule has 0 aliphatic rings. The predicted octanol–water partition coefficient (Wildman–Crippen LogP) is 0.827. The number of nitrogens with one attached hydrogen (secondary N) is 1. The molecule has 7 nitrogen and oxygen atoms in total. The molecule has 0 bridgehead atoms. The van der Waals surface area contributed by atoms with Crippen molar-refractivity contribution in [2.24, 2.45) is 0 Å². The van der Waals surface area contributed by atoms with Crippen LogP contribution in [-0.4, -0.2) is 49.1 Å². The van der Waals surface area contributed by atoms with E-state index in [1.54, 1.807) is 19.1 Å². The van der Waals surface area contributed by atoms with E-state index < -0.39 is 34.5 Å². The van der Waals surface area contributed by atoms with Gasteiger partial charge in [-0.25, -0.2) is 13.2 Å². The zero-order valence-corrected chi connectivity index (χ0v) is 14.5. The van der Waals surface area contributed by atoms with Crippen molar-refractivity contribution in [3.63, 3.8) is 0 Å². The standard InChI is InChI=1S/C15H22N2O5S/c1-5-23(21,22)17(4)9-13(18)16-14(15(19)20)12-8-6-7-10(2)11(12)3/h6-8,14H,5,9H2,1-4H3,(H,16,18)(H,19,20). The third kappa shape index (κ3) is 4.77. The number of carbonyl (C=O) groups excluding carboxylic acids is 1. The minimum Gasteiger partial charge on any atom is -0.479 e. The lowest BCUT2D eigenvalue weighted by Crippen LogP contribution is -2.42. The number of carboxylic acids is 1. The van der Waals surface area contributed by atoms with Crippen LogP contribution in [0.2, 0.25) is 0 Å². The maximum absolute atomic E-state index is 12.0. The molecule has 1 amide bonds. The van der Waals surface area contributed by atoms with Gasteiger partial charge in [0.05, 0.1) is 12.3 Å². The third-order valence-electron chi connectivity index (χ3n) is 3.72. The van der Waals surface area contributed by atoms with E-state index in [1.807, 2.05) is 13.0 Å². The minimum absolute atomic E-state index is 0.129. The highest BCUT2D eigenvalue weighted by Crippen LogP contribution is 2.20. The average Bonchev–Trinajstić information content (AvgIpc) is 2.47. The summed E-state index contributed by atoms with van der Waals surface area (Å²) in [5.74, 6) is -2.00. The van der Waals surface area contributed by atoms with Gasteiger partial charge in [0, 0.05) is 7.05 Å². The molecular weight excluding hydrogens is 320 g/mol. The molecule has 0 aromatic heterocycles. The van der Waals surface area contributed by atoms with Gasteiger partial charge in [0.1, 0.15) is 0 Å². The summed E-state index contributed by atoms with van der Waals surface area (Å²) in [6, 6.07) is 3.97. The summed E-state index contributed by atoms with van der Waals surface area (Å²) in [6.45, 7) is 4.67. The van der Waals surface area contributed by atoms with Crippen molar-refractivity contribution in [1.82, 2.24) is 9.62 Å². The monoisotopic (exact) mass is 342 g/mol. The molecule has 1 atom stereocenters. The Hall–Kier alpha value is -1.93. The number of hydrogen-bond acceptors (Lipinski definition) is 4. The van der Waals surface area contributed by atoms with Crippen LogP contribution < -0.4 is 5.32 Å². The van der Waals surface area contributed by atoms with Crippen molar-refractivity contribution >= 4 is 21.9 Å². The molecule has 0 saturated heterocycles.